The van der Waals surface area contributed by atoms with E-state index in [-0.39, 0.29) is 5.78 Å². The Labute approximate surface area is 121 Å². The maximum atomic E-state index is 12.9. The van der Waals surface area contributed by atoms with Crippen molar-refractivity contribution in [1.29, 1.82) is 0 Å². The number of hydrogen-bond acceptors (Lipinski definition) is 2. The first-order valence-electron chi connectivity index (χ1n) is 6.75. The molecule has 1 atom stereocenters. The molecule has 0 spiro atoms. The van der Waals surface area contributed by atoms with Crippen molar-refractivity contribution >= 4 is 13.9 Å². The van der Waals surface area contributed by atoms with Gasteiger partial charge in [0.25, 0.3) is 0 Å². The van der Waals surface area contributed by atoms with Gasteiger partial charge in [0.05, 0.1) is 8.07 Å². The number of aliphatic hydroxyl groups is 1. The molecular formula is C17H20O2Si. The van der Waals surface area contributed by atoms with E-state index in [0.29, 0.717) is 11.1 Å². The van der Waals surface area contributed by atoms with Gasteiger partial charge < -0.3 is 5.11 Å². The van der Waals surface area contributed by atoms with E-state index in [2.05, 4.69) is 0 Å². The van der Waals surface area contributed by atoms with Crippen LogP contribution in [0.3, 0.4) is 0 Å². The summed E-state index contributed by atoms with van der Waals surface area (Å²) in [5, 5.41) is 9.85. The summed E-state index contributed by atoms with van der Waals surface area (Å²) in [7, 11) is -2.19. The topological polar surface area (TPSA) is 37.3 Å². The van der Waals surface area contributed by atoms with Gasteiger partial charge in [-0.05, 0) is 5.56 Å². The number of carbonyl (C=O) groups excluding carboxylic acids is 1. The van der Waals surface area contributed by atoms with Gasteiger partial charge in [-0.15, -0.1) is 0 Å². The monoisotopic (exact) mass is 284 g/mol. The summed E-state index contributed by atoms with van der Waals surface area (Å²) in [6.07, 6.45) is 0. The largest absolute Gasteiger partial charge is 0.381 e. The summed E-state index contributed by atoms with van der Waals surface area (Å²) in [5.74, 6) is -0.205. The van der Waals surface area contributed by atoms with Crippen molar-refractivity contribution in [2.45, 2.75) is 24.9 Å². The molecule has 1 N–H and O–H groups in total. The van der Waals surface area contributed by atoms with Crippen LogP contribution in [0.15, 0.2) is 60.7 Å². The molecule has 0 amide bonds. The number of benzene rings is 2. The van der Waals surface area contributed by atoms with Gasteiger partial charge in [0.1, 0.15) is 5.22 Å². The lowest BCUT2D eigenvalue weighted by Crippen LogP contribution is -2.55. The zero-order chi connectivity index (χ0) is 14.8. The van der Waals surface area contributed by atoms with Gasteiger partial charge in [0.15, 0.2) is 5.78 Å². The Bertz CT molecular complexity index is 587. The lowest BCUT2D eigenvalue weighted by molar-refractivity contribution is 0.0599. The van der Waals surface area contributed by atoms with E-state index in [1.165, 1.54) is 0 Å². The van der Waals surface area contributed by atoms with Crippen LogP contribution < -0.4 is 0 Å². The van der Waals surface area contributed by atoms with Gasteiger partial charge in [0, 0.05) is 5.56 Å². The molecule has 0 saturated carbocycles. The van der Waals surface area contributed by atoms with Crippen molar-refractivity contribution in [2.24, 2.45) is 0 Å². The quantitative estimate of drug-likeness (QED) is 0.687. The Balaban J connectivity index is 2.58. The Morgan fingerprint density at radius 1 is 0.900 bits per heavy atom. The van der Waals surface area contributed by atoms with Crippen molar-refractivity contribution in [3.63, 3.8) is 0 Å². The third-order valence-electron chi connectivity index (χ3n) is 3.64. The fourth-order valence-corrected chi connectivity index (χ4v) is 4.24. The Kier molecular flexibility index (Phi) is 3.93. The second-order valence-corrected chi connectivity index (χ2v) is 11.2. The second kappa shape index (κ2) is 5.35. The summed E-state index contributed by atoms with van der Waals surface area (Å²) in [6.45, 7) is 6.04. The molecule has 104 valence electrons. The molecule has 0 aliphatic heterocycles. The minimum Gasteiger partial charge on any atom is -0.381 e. The van der Waals surface area contributed by atoms with Gasteiger partial charge in [-0.1, -0.05) is 80.3 Å². The molecule has 1 unspecified atom stereocenters. The Hall–Kier alpha value is -1.71. The van der Waals surface area contributed by atoms with Crippen LogP contribution in [0.4, 0.5) is 0 Å². The summed E-state index contributed by atoms with van der Waals surface area (Å²) in [4.78, 5) is 12.9. The third-order valence-corrected chi connectivity index (χ3v) is 6.33. The minimum absolute atomic E-state index is 0.205. The standard InChI is InChI=1S/C17H20O2Si/c1-20(2,3)17(19,15-12-8-5-9-13-15)16(18)14-10-6-4-7-11-14/h4-13,19H,1-3H3. The molecule has 0 fully saturated rings. The van der Waals surface area contributed by atoms with Crippen molar-refractivity contribution in [1.82, 2.24) is 0 Å². The SMILES string of the molecule is C[Si](C)(C)C(O)(C(=O)c1ccccc1)c1ccccc1. The number of rotatable bonds is 4. The normalized spacial score (nSPS) is 14.6. The lowest BCUT2D eigenvalue weighted by Gasteiger charge is -2.38. The highest BCUT2D eigenvalue weighted by Crippen LogP contribution is 2.35. The number of ketones is 1. The van der Waals surface area contributed by atoms with Gasteiger partial charge >= 0.3 is 0 Å². The van der Waals surface area contributed by atoms with Crippen LogP contribution in [-0.4, -0.2) is 19.0 Å². The van der Waals surface area contributed by atoms with Crippen molar-refractivity contribution in [3.05, 3.63) is 71.8 Å². The van der Waals surface area contributed by atoms with Crippen molar-refractivity contribution in [2.75, 3.05) is 0 Å². The summed E-state index contributed by atoms with van der Waals surface area (Å²) in [5.41, 5.74) is 1.24. The molecule has 0 radical (unpaired) electrons. The van der Waals surface area contributed by atoms with E-state index in [0.717, 1.165) is 0 Å². The Morgan fingerprint density at radius 2 is 1.35 bits per heavy atom. The first-order valence-corrected chi connectivity index (χ1v) is 10.2. The molecule has 2 rings (SSSR count). The van der Waals surface area contributed by atoms with Crippen LogP contribution in [0.2, 0.25) is 19.6 Å². The van der Waals surface area contributed by atoms with Crippen molar-refractivity contribution < 1.29 is 9.90 Å². The predicted octanol–water partition coefficient (Wildman–Crippen LogP) is 3.63. The van der Waals surface area contributed by atoms with Crippen molar-refractivity contribution in [3.8, 4) is 0 Å². The predicted molar refractivity (Wildman–Crippen MR) is 84.5 cm³/mol. The summed E-state index contributed by atoms with van der Waals surface area (Å²) >= 11 is 0. The van der Waals surface area contributed by atoms with E-state index in [1.54, 1.807) is 12.1 Å². The highest BCUT2D eigenvalue weighted by atomic mass is 28.3. The molecule has 0 saturated heterocycles. The molecule has 2 aromatic rings. The maximum Gasteiger partial charge on any atom is 0.195 e. The second-order valence-electron chi connectivity index (χ2n) is 6.02. The zero-order valence-corrected chi connectivity index (χ0v) is 13.1. The lowest BCUT2D eigenvalue weighted by atomic mass is 9.99. The molecule has 0 aliphatic carbocycles. The molecular weight excluding hydrogens is 264 g/mol. The van der Waals surface area contributed by atoms with E-state index < -0.39 is 13.3 Å². The van der Waals surface area contributed by atoms with Gasteiger partial charge in [-0.3, -0.25) is 4.79 Å². The molecule has 0 aromatic heterocycles. The van der Waals surface area contributed by atoms with E-state index in [4.69, 9.17) is 0 Å². The van der Waals surface area contributed by atoms with E-state index >= 15 is 0 Å². The van der Waals surface area contributed by atoms with Gasteiger partial charge in [-0.25, -0.2) is 0 Å². The highest BCUT2D eigenvalue weighted by molar-refractivity contribution is 6.82. The molecule has 2 nitrogen and oxygen atoms in total. The molecule has 0 aliphatic rings. The summed E-state index contributed by atoms with van der Waals surface area (Å²) in [6, 6.07) is 18.3. The third kappa shape index (κ3) is 2.47. The summed E-state index contributed by atoms with van der Waals surface area (Å²) < 4.78 is 0. The first kappa shape index (κ1) is 14.7. The van der Waals surface area contributed by atoms with E-state index in [9.17, 15) is 9.90 Å². The van der Waals surface area contributed by atoms with Crippen LogP contribution in [0.1, 0.15) is 15.9 Å². The van der Waals surface area contributed by atoms with Crippen LogP contribution in [0.25, 0.3) is 0 Å². The van der Waals surface area contributed by atoms with Crippen LogP contribution in [-0.2, 0) is 5.22 Å². The smallest absolute Gasteiger partial charge is 0.195 e. The van der Waals surface area contributed by atoms with E-state index in [1.807, 2.05) is 68.2 Å². The molecule has 2 aromatic carbocycles. The Morgan fingerprint density at radius 3 is 1.80 bits per heavy atom. The molecule has 3 heteroatoms. The minimum atomic E-state index is -2.19. The number of hydrogen-bond donors (Lipinski definition) is 1. The van der Waals surface area contributed by atoms with Crippen LogP contribution in [0, 0.1) is 0 Å². The number of carbonyl (C=O) groups is 1. The van der Waals surface area contributed by atoms with Crippen LogP contribution >= 0.6 is 0 Å². The average molecular weight is 284 g/mol. The van der Waals surface area contributed by atoms with Crippen LogP contribution in [0.5, 0.6) is 0 Å². The molecule has 0 heterocycles. The highest BCUT2D eigenvalue weighted by Gasteiger charge is 2.49. The first-order chi connectivity index (χ1) is 9.37. The zero-order valence-electron chi connectivity index (χ0n) is 12.1. The van der Waals surface area contributed by atoms with Gasteiger partial charge in [-0.2, -0.15) is 0 Å². The fourth-order valence-electron chi connectivity index (χ4n) is 2.38. The fraction of sp³-hybridized carbons (Fsp3) is 0.235. The molecule has 0 bridgehead atoms. The number of Topliss-reactive ketones (excluding diaryl/α,β-unsaturated/α-hetero) is 1. The van der Waals surface area contributed by atoms with Gasteiger partial charge in [0.2, 0.25) is 0 Å². The molecule has 20 heavy (non-hydrogen) atoms. The maximum absolute atomic E-state index is 12.9. The average Bonchev–Trinajstić information content (AvgIpc) is 2.46.